The van der Waals surface area contributed by atoms with Crippen molar-refractivity contribution in [3.05, 3.63) is 26.2 Å². The number of hydrogen-bond acceptors (Lipinski definition) is 2. The number of halogens is 2. The van der Waals surface area contributed by atoms with Crippen LogP contribution in [0.1, 0.15) is 27.2 Å². The molecule has 0 aliphatic carbocycles. The molecule has 0 fully saturated rings. The molecule has 0 amide bonds. The van der Waals surface area contributed by atoms with Gasteiger partial charge in [-0.15, -0.1) is 0 Å². The van der Waals surface area contributed by atoms with Crippen LogP contribution >= 0.6 is 38.5 Å². The Morgan fingerprint density at radius 3 is 2.50 bits per heavy atom. The van der Waals surface area contributed by atoms with Crippen LogP contribution < -0.4 is 4.72 Å². The van der Waals surface area contributed by atoms with E-state index in [1.807, 2.05) is 32.9 Å². The Hall–Kier alpha value is 0.180. The van der Waals surface area contributed by atoms with Crippen molar-refractivity contribution in [2.45, 2.75) is 27.2 Å². The third kappa shape index (κ3) is 5.88. The normalized spacial score (nSPS) is 12.5. The summed E-state index contributed by atoms with van der Waals surface area (Å²) in [7, 11) is -3.29. The largest absolute Gasteiger partial charge is 0.282 e. The van der Waals surface area contributed by atoms with Crippen LogP contribution in [0.3, 0.4) is 0 Å². The van der Waals surface area contributed by atoms with Gasteiger partial charge in [0.15, 0.2) is 0 Å². The van der Waals surface area contributed by atoms with E-state index >= 15 is 0 Å². The zero-order chi connectivity index (χ0) is 14.0. The van der Waals surface area contributed by atoms with Crippen LogP contribution in [0, 0.1) is 8.99 Å². The van der Waals surface area contributed by atoms with E-state index < -0.39 is 10.0 Å². The van der Waals surface area contributed by atoms with Crippen molar-refractivity contribution >= 4 is 54.2 Å². The van der Waals surface area contributed by atoms with Crippen LogP contribution in [0.5, 0.6) is 0 Å². The van der Waals surface area contributed by atoms with E-state index in [4.69, 9.17) is 0 Å². The number of benzene rings is 1. The molecule has 0 aromatic heterocycles. The zero-order valence-corrected chi connectivity index (χ0v) is 15.2. The predicted molar refractivity (Wildman–Crippen MR) is 88.3 cm³/mol. The molecule has 1 aromatic rings. The smallest absolute Gasteiger partial charge is 0.232 e. The van der Waals surface area contributed by atoms with Crippen LogP contribution in [0.2, 0.25) is 0 Å². The number of anilines is 1. The third-order valence-corrected chi connectivity index (χ3v) is 4.95. The monoisotopic (exact) mass is 445 g/mol. The average Bonchev–Trinajstić information content (AvgIpc) is 2.20. The van der Waals surface area contributed by atoms with E-state index in [1.54, 1.807) is 6.07 Å². The molecule has 0 bridgehead atoms. The molecule has 1 rings (SSSR count). The van der Waals surface area contributed by atoms with Gasteiger partial charge in [0.1, 0.15) is 0 Å². The highest BCUT2D eigenvalue weighted by molar-refractivity contribution is 14.1. The summed E-state index contributed by atoms with van der Waals surface area (Å²) in [5.74, 6) is 0.133. The molecule has 102 valence electrons. The first-order valence-electron chi connectivity index (χ1n) is 5.55. The molecule has 0 radical (unpaired) electrons. The van der Waals surface area contributed by atoms with Crippen LogP contribution in [-0.2, 0) is 10.0 Å². The minimum atomic E-state index is -3.29. The average molecular weight is 446 g/mol. The first kappa shape index (κ1) is 16.2. The quantitative estimate of drug-likeness (QED) is 0.704. The molecule has 0 aliphatic heterocycles. The minimum Gasteiger partial charge on any atom is -0.282 e. The summed E-state index contributed by atoms with van der Waals surface area (Å²) in [4.78, 5) is 0. The second kappa shape index (κ2) is 6.09. The Bertz CT molecular complexity index is 523. The van der Waals surface area contributed by atoms with Crippen LogP contribution in [0.25, 0.3) is 0 Å². The molecule has 0 unspecified atom stereocenters. The van der Waals surface area contributed by atoms with E-state index in [0.29, 0.717) is 12.1 Å². The van der Waals surface area contributed by atoms with Gasteiger partial charge in [0, 0.05) is 8.04 Å². The van der Waals surface area contributed by atoms with Crippen LogP contribution in [-0.4, -0.2) is 14.2 Å². The molecule has 0 heterocycles. The molecule has 0 atom stereocenters. The SMILES string of the molecule is CC(C)(C)CCS(=O)(=O)Nc1cc(I)ccc1Br. The van der Waals surface area contributed by atoms with Crippen molar-refractivity contribution < 1.29 is 8.42 Å². The summed E-state index contributed by atoms with van der Waals surface area (Å²) in [6.45, 7) is 6.09. The van der Waals surface area contributed by atoms with E-state index in [2.05, 4.69) is 43.2 Å². The number of sulfonamides is 1. The molecule has 1 N–H and O–H groups in total. The predicted octanol–water partition coefficient (Wildman–Crippen LogP) is 4.23. The second-order valence-corrected chi connectivity index (χ2v) is 9.30. The van der Waals surface area contributed by atoms with E-state index in [9.17, 15) is 8.42 Å². The minimum absolute atomic E-state index is 0.0110. The van der Waals surface area contributed by atoms with Crippen molar-refractivity contribution in [3.8, 4) is 0 Å². The van der Waals surface area contributed by atoms with Gasteiger partial charge in [-0.2, -0.15) is 0 Å². The Kier molecular flexibility index (Phi) is 5.49. The molecule has 1 aromatic carbocycles. The molecular weight excluding hydrogens is 429 g/mol. The Morgan fingerprint density at radius 2 is 1.94 bits per heavy atom. The van der Waals surface area contributed by atoms with Gasteiger partial charge < -0.3 is 0 Å². The number of hydrogen-bond donors (Lipinski definition) is 1. The van der Waals surface area contributed by atoms with Crippen molar-refractivity contribution in [1.29, 1.82) is 0 Å². The summed E-state index contributed by atoms with van der Waals surface area (Å²) >= 11 is 5.50. The van der Waals surface area contributed by atoms with Gasteiger partial charge in [-0.05, 0) is 68.6 Å². The van der Waals surface area contributed by atoms with Gasteiger partial charge >= 0.3 is 0 Å². The summed E-state index contributed by atoms with van der Waals surface area (Å²) < 4.78 is 28.3. The van der Waals surface area contributed by atoms with Gasteiger partial charge in [-0.3, -0.25) is 4.72 Å². The maximum atomic E-state index is 12.0. The standard InChI is InChI=1S/C12H17BrINO2S/c1-12(2,3)6-7-18(16,17)15-11-8-9(14)4-5-10(11)13/h4-5,8,15H,6-7H2,1-3H3. The van der Waals surface area contributed by atoms with Gasteiger partial charge in [-0.1, -0.05) is 20.8 Å². The van der Waals surface area contributed by atoms with Crippen LogP contribution in [0.4, 0.5) is 5.69 Å². The maximum absolute atomic E-state index is 12.0. The topological polar surface area (TPSA) is 46.2 Å². The summed E-state index contributed by atoms with van der Waals surface area (Å²) in [5.41, 5.74) is 0.604. The summed E-state index contributed by atoms with van der Waals surface area (Å²) in [6, 6.07) is 5.56. The van der Waals surface area contributed by atoms with E-state index in [0.717, 1.165) is 8.04 Å². The second-order valence-electron chi connectivity index (χ2n) is 5.36. The van der Waals surface area contributed by atoms with Crippen molar-refractivity contribution in [3.63, 3.8) is 0 Å². The maximum Gasteiger partial charge on any atom is 0.232 e. The van der Waals surface area contributed by atoms with Crippen molar-refractivity contribution in [1.82, 2.24) is 0 Å². The Morgan fingerprint density at radius 1 is 1.33 bits per heavy atom. The lowest BCUT2D eigenvalue weighted by molar-refractivity contribution is 0.397. The molecule has 0 saturated heterocycles. The molecule has 6 heteroatoms. The van der Waals surface area contributed by atoms with Crippen LogP contribution in [0.15, 0.2) is 22.7 Å². The number of nitrogens with one attached hydrogen (secondary N) is 1. The fourth-order valence-corrected chi connectivity index (χ4v) is 3.69. The first-order chi connectivity index (χ1) is 8.09. The molecular formula is C12H17BrINO2S. The summed E-state index contributed by atoms with van der Waals surface area (Å²) in [5, 5.41) is 0. The molecule has 3 nitrogen and oxygen atoms in total. The lowest BCUT2D eigenvalue weighted by Gasteiger charge is -2.18. The highest BCUT2D eigenvalue weighted by Gasteiger charge is 2.18. The highest BCUT2D eigenvalue weighted by atomic mass is 127. The van der Waals surface area contributed by atoms with E-state index in [-0.39, 0.29) is 11.2 Å². The van der Waals surface area contributed by atoms with Gasteiger partial charge in [-0.25, -0.2) is 8.42 Å². The number of rotatable bonds is 4. The Balaban J connectivity index is 2.80. The molecule has 0 saturated carbocycles. The Labute approximate surface area is 131 Å². The van der Waals surface area contributed by atoms with Gasteiger partial charge in [0.05, 0.1) is 11.4 Å². The van der Waals surface area contributed by atoms with Gasteiger partial charge in [0.2, 0.25) is 10.0 Å². The lowest BCUT2D eigenvalue weighted by atomic mass is 9.94. The highest BCUT2D eigenvalue weighted by Crippen LogP contribution is 2.26. The fraction of sp³-hybridized carbons (Fsp3) is 0.500. The van der Waals surface area contributed by atoms with Crippen molar-refractivity contribution in [2.24, 2.45) is 5.41 Å². The third-order valence-electron chi connectivity index (χ3n) is 2.31. The summed E-state index contributed by atoms with van der Waals surface area (Å²) in [6.07, 6.45) is 0.629. The fourth-order valence-electron chi connectivity index (χ4n) is 1.23. The van der Waals surface area contributed by atoms with Gasteiger partial charge in [0.25, 0.3) is 0 Å². The lowest BCUT2D eigenvalue weighted by Crippen LogP contribution is -2.21. The molecule has 0 spiro atoms. The first-order valence-corrected chi connectivity index (χ1v) is 9.07. The molecule has 18 heavy (non-hydrogen) atoms. The van der Waals surface area contributed by atoms with E-state index in [1.165, 1.54) is 0 Å². The van der Waals surface area contributed by atoms with Crippen molar-refractivity contribution in [2.75, 3.05) is 10.5 Å². The zero-order valence-electron chi connectivity index (χ0n) is 10.6. The molecule has 0 aliphatic rings.